The zero-order chi connectivity index (χ0) is 11.4. The van der Waals surface area contributed by atoms with Gasteiger partial charge in [-0.3, -0.25) is 4.89 Å². The minimum absolute atomic E-state index is 0.0602. The van der Waals surface area contributed by atoms with Crippen molar-refractivity contribution >= 4 is 11.9 Å². The lowest BCUT2D eigenvalue weighted by molar-refractivity contribution is -0.230. The van der Waals surface area contributed by atoms with Gasteiger partial charge in [-0.25, -0.2) is 9.59 Å². The fourth-order valence-electron chi connectivity index (χ4n) is 0.894. The van der Waals surface area contributed by atoms with E-state index in [4.69, 9.17) is 10.4 Å². The molecule has 5 heteroatoms. The van der Waals surface area contributed by atoms with Crippen LogP contribution in [-0.2, 0) is 14.5 Å². The van der Waals surface area contributed by atoms with Crippen molar-refractivity contribution < 1.29 is 24.8 Å². The molecular weight excluding hydrogens is 188 g/mol. The van der Waals surface area contributed by atoms with Crippen LogP contribution < -0.4 is 0 Å². The monoisotopic (exact) mass is 202 g/mol. The van der Waals surface area contributed by atoms with Crippen molar-refractivity contribution in [3.05, 3.63) is 11.6 Å². The Balaban J connectivity index is 5.11. The standard InChI is InChI=1S/C9H14O5/c1-4-9(2,3)6(5-7(10)11)8(12)14-13/h5,13H,4H2,1-3H3,(H,10,11)/b6-5-. The van der Waals surface area contributed by atoms with Crippen LogP contribution in [0.15, 0.2) is 11.6 Å². The van der Waals surface area contributed by atoms with Crippen LogP contribution in [0.5, 0.6) is 0 Å². The Labute approximate surface area is 81.9 Å². The Hall–Kier alpha value is -1.36. The maximum absolute atomic E-state index is 11.0. The van der Waals surface area contributed by atoms with Crippen LogP contribution in [0.4, 0.5) is 0 Å². The second-order valence-corrected chi connectivity index (χ2v) is 3.51. The molecule has 0 spiro atoms. The first-order chi connectivity index (χ1) is 6.35. The van der Waals surface area contributed by atoms with Gasteiger partial charge in [0.2, 0.25) is 0 Å². The van der Waals surface area contributed by atoms with Crippen LogP contribution in [0.3, 0.4) is 0 Å². The number of carbonyl (C=O) groups is 2. The van der Waals surface area contributed by atoms with Crippen molar-refractivity contribution in [2.45, 2.75) is 27.2 Å². The number of hydrogen-bond acceptors (Lipinski definition) is 4. The largest absolute Gasteiger partial charge is 0.478 e. The molecule has 0 saturated carbocycles. The van der Waals surface area contributed by atoms with Crippen LogP contribution in [-0.4, -0.2) is 22.3 Å². The molecule has 0 heterocycles. The van der Waals surface area contributed by atoms with E-state index in [2.05, 4.69) is 4.89 Å². The van der Waals surface area contributed by atoms with Gasteiger partial charge in [0.05, 0.1) is 5.57 Å². The van der Waals surface area contributed by atoms with Crippen LogP contribution in [0.2, 0.25) is 0 Å². The molecule has 80 valence electrons. The molecule has 0 atom stereocenters. The topological polar surface area (TPSA) is 83.8 Å². The summed E-state index contributed by atoms with van der Waals surface area (Å²) in [7, 11) is 0. The molecule has 0 aliphatic rings. The molecule has 0 aromatic rings. The molecule has 0 aromatic heterocycles. The summed E-state index contributed by atoms with van der Waals surface area (Å²) in [6.45, 7) is 5.19. The average Bonchev–Trinajstić information content (AvgIpc) is 2.12. The Morgan fingerprint density at radius 1 is 1.43 bits per heavy atom. The van der Waals surface area contributed by atoms with Gasteiger partial charge in [-0.05, 0) is 11.8 Å². The molecule has 0 aliphatic heterocycles. The van der Waals surface area contributed by atoms with Gasteiger partial charge < -0.3 is 5.11 Å². The van der Waals surface area contributed by atoms with Crippen molar-refractivity contribution in [3.8, 4) is 0 Å². The van der Waals surface area contributed by atoms with Gasteiger partial charge in [0, 0.05) is 6.08 Å². The molecule has 0 bridgehead atoms. The van der Waals surface area contributed by atoms with E-state index in [9.17, 15) is 9.59 Å². The smallest absolute Gasteiger partial charge is 0.369 e. The van der Waals surface area contributed by atoms with Crippen LogP contribution in [0, 0.1) is 5.41 Å². The zero-order valence-electron chi connectivity index (χ0n) is 8.40. The number of hydrogen-bond donors (Lipinski definition) is 2. The maximum Gasteiger partial charge on any atom is 0.369 e. The van der Waals surface area contributed by atoms with E-state index in [0.717, 1.165) is 6.08 Å². The van der Waals surface area contributed by atoms with Gasteiger partial charge in [-0.2, -0.15) is 5.26 Å². The number of carboxylic acids is 1. The molecule has 0 fully saturated rings. The van der Waals surface area contributed by atoms with Crippen molar-refractivity contribution in [2.24, 2.45) is 5.41 Å². The number of carboxylic acid groups (broad SMARTS) is 1. The predicted octanol–water partition coefficient (Wildman–Crippen LogP) is 1.45. The summed E-state index contributed by atoms with van der Waals surface area (Å²) >= 11 is 0. The van der Waals surface area contributed by atoms with E-state index in [1.807, 2.05) is 0 Å². The Kier molecular flexibility index (Phi) is 4.30. The second-order valence-electron chi connectivity index (χ2n) is 3.51. The molecule has 0 saturated heterocycles. The number of aliphatic carboxylic acids is 1. The third-order valence-electron chi connectivity index (χ3n) is 2.18. The molecule has 0 unspecified atom stereocenters. The lowest BCUT2D eigenvalue weighted by Crippen LogP contribution is -2.23. The average molecular weight is 202 g/mol. The van der Waals surface area contributed by atoms with Gasteiger partial charge in [-0.1, -0.05) is 20.8 Å². The van der Waals surface area contributed by atoms with Gasteiger partial charge in [0.25, 0.3) is 0 Å². The summed E-state index contributed by atoms with van der Waals surface area (Å²) < 4.78 is 0. The first-order valence-electron chi connectivity index (χ1n) is 4.16. The maximum atomic E-state index is 11.0. The second kappa shape index (κ2) is 4.76. The highest BCUT2D eigenvalue weighted by Crippen LogP contribution is 2.30. The Morgan fingerprint density at radius 2 is 1.93 bits per heavy atom. The van der Waals surface area contributed by atoms with Gasteiger partial charge in [0.15, 0.2) is 0 Å². The summed E-state index contributed by atoms with van der Waals surface area (Å²) in [5.74, 6) is -2.27. The zero-order valence-corrected chi connectivity index (χ0v) is 8.40. The molecule has 0 rings (SSSR count). The van der Waals surface area contributed by atoms with E-state index in [1.165, 1.54) is 0 Å². The van der Waals surface area contributed by atoms with E-state index < -0.39 is 17.4 Å². The number of rotatable bonds is 4. The van der Waals surface area contributed by atoms with E-state index in [0.29, 0.717) is 6.42 Å². The summed E-state index contributed by atoms with van der Waals surface area (Å²) in [5, 5.41) is 16.7. The van der Waals surface area contributed by atoms with Crippen LogP contribution in [0.25, 0.3) is 0 Å². The summed E-state index contributed by atoms with van der Waals surface area (Å²) in [4.78, 5) is 25.0. The fraction of sp³-hybridized carbons (Fsp3) is 0.556. The lowest BCUT2D eigenvalue weighted by atomic mass is 9.81. The molecule has 0 aliphatic carbocycles. The van der Waals surface area contributed by atoms with E-state index in [-0.39, 0.29) is 5.57 Å². The normalized spacial score (nSPS) is 12.4. The third-order valence-corrected chi connectivity index (χ3v) is 2.18. The Morgan fingerprint density at radius 3 is 2.21 bits per heavy atom. The first-order valence-corrected chi connectivity index (χ1v) is 4.16. The third kappa shape index (κ3) is 3.18. The molecule has 0 amide bonds. The van der Waals surface area contributed by atoms with Gasteiger partial charge in [0.1, 0.15) is 0 Å². The van der Waals surface area contributed by atoms with Crippen molar-refractivity contribution in [1.29, 1.82) is 0 Å². The van der Waals surface area contributed by atoms with Crippen LogP contribution in [0.1, 0.15) is 27.2 Å². The minimum atomic E-state index is -1.24. The highest BCUT2D eigenvalue weighted by Gasteiger charge is 2.29. The first kappa shape index (κ1) is 12.6. The quantitative estimate of drug-likeness (QED) is 0.409. The summed E-state index contributed by atoms with van der Waals surface area (Å²) in [5.41, 5.74) is -0.701. The van der Waals surface area contributed by atoms with E-state index >= 15 is 0 Å². The van der Waals surface area contributed by atoms with Gasteiger partial charge >= 0.3 is 11.9 Å². The molecule has 0 aromatic carbocycles. The molecule has 5 nitrogen and oxygen atoms in total. The molecule has 2 N–H and O–H groups in total. The SMILES string of the molecule is CCC(C)(C)/C(=C\C(=O)O)C(=O)OO. The van der Waals surface area contributed by atoms with Crippen molar-refractivity contribution in [2.75, 3.05) is 0 Å². The van der Waals surface area contributed by atoms with Crippen molar-refractivity contribution in [1.82, 2.24) is 0 Å². The summed E-state index contributed by atoms with van der Waals surface area (Å²) in [6, 6.07) is 0. The predicted molar refractivity (Wildman–Crippen MR) is 48.5 cm³/mol. The fourth-order valence-corrected chi connectivity index (χ4v) is 0.894. The lowest BCUT2D eigenvalue weighted by Gasteiger charge is -2.23. The molecule has 0 radical (unpaired) electrons. The molecular formula is C9H14O5. The minimum Gasteiger partial charge on any atom is -0.478 e. The van der Waals surface area contributed by atoms with Crippen molar-refractivity contribution in [3.63, 3.8) is 0 Å². The highest BCUT2D eigenvalue weighted by molar-refractivity contribution is 5.96. The highest BCUT2D eigenvalue weighted by atomic mass is 17.1. The Bertz CT molecular complexity index is 264. The van der Waals surface area contributed by atoms with Crippen LogP contribution >= 0.6 is 0 Å². The number of carbonyl (C=O) groups excluding carboxylic acids is 1. The summed E-state index contributed by atoms with van der Waals surface area (Å²) in [6.07, 6.45) is 1.31. The van der Waals surface area contributed by atoms with E-state index in [1.54, 1.807) is 20.8 Å². The van der Waals surface area contributed by atoms with Gasteiger partial charge in [-0.15, -0.1) is 0 Å². The molecule has 14 heavy (non-hydrogen) atoms.